The molecule has 1 aliphatic carbocycles. The maximum atomic E-state index is 9.91. The zero-order valence-corrected chi connectivity index (χ0v) is 20.0. The molecular weight excluding hydrogens is 406 g/mol. The van der Waals surface area contributed by atoms with Crippen LogP contribution >= 0.6 is 0 Å². The molecule has 5 nitrogen and oxygen atoms in total. The maximum Gasteiger partial charge on any atom is 0.135 e. The second kappa shape index (κ2) is 10.3. The van der Waals surface area contributed by atoms with Crippen LogP contribution in [0.25, 0.3) is 0 Å². The van der Waals surface area contributed by atoms with Gasteiger partial charge in [-0.3, -0.25) is 0 Å². The van der Waals surface area contributed by atoms with E-state index in [4.69, 9.17) is 22.1 Å². The van der Waals surface area contributed by atoms with E-state index in [0.29, 0.717) is 17.2 Å². The number of aromatic nitrogens is 2. The third-order valence-corrected chi connectivity index (χ3v) is 7.29. The lowest BCUT2D eigenvalue weighted by atomic mass is 9.78. The third-order valence-electron chi connectivity index (χ3n) is 7.29. The topological polar surface area (TPSA) is 78.8 Å². The first kappa shape index (κ1) is 23.1. The maximum absolute atomic E-state index is 9.91. The van der Waals surface area contributed by atoms with Gasteiger partial charge in [0.2, 0.25) is 0 Å². The number of benzene rings is 1. The van der Waals surface area contributed by atoms with Crippen LogP contribution in [0.4, 0.5) is 11.5 Å². The molecule has 2 unspecified atom stereocenters. The van der Waals surface area contributed by atoms with E-state index in [9.17, 15) is 5.26 Å². The summed E-state index contributed by atoms with van der Waals surface area (Å²) in [5.41, 5.74) is 12.3. The van der Waals surface area contributed by atoms with Gasteiger partial charge in [-0.05, 0) is 68.1 Å². The Hall–Kier alpha value is -3.05. The lowest BCUT2D eigenvalue weighted by Crippen LogP contribution is -2.29. The molecule has 2 atom stereocenters. The van der Waals surface area contributed by atoms with Gasteiger partial charge in [-0.2, -0.15) is 5.26 Å². The number of nitrogens with zero attached hydrogens (tertiary/aromatic N) is 4. The molecule has 0 bridgehead atoms. The predicted molar refractivity (Wildman–Crippen MR) is 134 cm³/mol. The molecular formula is C28H35N5. The molecule has 172 valence electrons. The van der Waals surface area contributed by atoms with Gasteiger partial charge >= 0.3 is 0 Å². The standard InChI is InChI=1S/C28H35N5/c1-4-8-20-11-13-24(30)23(18-29)27(20)21-10-12-22-25(17-21)31-26(6-3)32-28(22)33-15-7-9-19(5-2)14-16-33/h2,11,13,19,21H,4,6-10,12,14-17,30H2,1,3H3. The molecule has 1 aromatic carbocycles. The average molecular weight is 442 g/mol. The summed E-state index contributed by atoms with van der Waals surface area (Å²) in [6.45, 7) is 6.26. The smallest absolute Gasteiger partial charge is 0.135 e. The largest absolute Gasteiger partial charge is 0.398 e. The van der Waals surface area contributed by atoms with Crippen molar-refractivity contribution >= 4 is 11.5 Å². The number of rotatable bonds is 5. The fraction of sp³-hybridized carbons (Fsp3) is 0.536. The summed E-state index contributed by atoms with van der Waals surface area (Å²) in [6, 6.07) is 6.41. The number of nitrogens with two attached hydrogens (primary N) is 1. The van der Waals surface area contributed by atoms with Crippen LogP contribution in [0.5, 0.6) is 0 Å². The van der Waals surface area contributed by atoms with Crippen molar-refractivity contribution in [1.82, 2.24) is 9.97 Å². The molecule has 1 aromatic heterocycles. The number of anilines is 2. The van der Waals surface area contributed by atoms with Gasteiger partial charge in [0.05, 0.1) is 11.3 Å². The molecule has 5 heteroatoms. The number of hydrogen-bond donors (Lipinski definition) is 1. The second-order valence-corrected chi connectivity index (χ2v) is 9.43. The Morgan fingerprint density at radius 2 is 2.03 bits per heavy atom. The van der Waals surface area contributed by atoms with Crippen LogP contribution in [-0.4, -0.2) is 23.1 Å². The van der Waals surface area contributed by atoms with Crippen LogP contribution in [0.15, 0.2) is 12.1 Å². The van der Waals surface area contributed by atoms with E-state index in [2.05, 4.69) is 36.8 Å². The average Bonchev–Trinajstić information content (AvgIpc) is 3.09. The molecule has 0 saturated carbocycles. The SMILES string of the molecule is C#CC1CCCN(c2nc(CC)nc3c2CCC(c2c(CCC)ccc(N)c2C#N)C3)CC1. The van der Waals surface area contributed by atoms with Gasteiger partial charge in [0, 0.05) is 36.7 Å². The molecule has 1 fully saturated rings. The zero-order valence-electron chi connectivity index (χ0n) is 20.0. The Kier molecular flexibility index (Phi) is 7.19. The van der Waals surface area contributed by atoms with Crippen molar-refractivity contribution in [3.05, 3.63) is 45.9 Å². The third kappa shape index (κ3) is 4.69. The second-order valence-electron chi connectivity index (χ2n) is 9.43. The van der Waals surface area contributed by atoms with Crippen molar-refractivity contribution in [2.24, 2.45) is 5.92 Å². The highest BCUT2D eigenvalue weighted by molar-refractivity contribution is 5.62. The minimum Gasteiger partial charge on any atom is -0.398 e. The Bertz CT molecular complexity index is 1090. The van der Waals surface area contributed by atoms with Gasteiger partial charge in [0.25, 0.3) is 0 Å². The van der Waals surface area contributed by atoms with Gasteiger partial charge in [-0.25, -0.2) is 9.97 Å². The van der Waals surface area contributed by atoms with Crippen molar-refractivity contribution in [3.8, 4) is 18.4 Å². The molecule has 1 saturated heterocycles. The molecule has 2 heterocycles. The highest BCUT2D eigenvalue weighted by Crippen LogP contribution is 2.40. The van der Waals surface area contributed by atoms with E-state index >= 15 is 0 Å². The van der Waals surface area contributed by atoms with Crippen LogP contribution in [0.2, 0.25) is 0 Å². The predicted octanol–water partition coefficient (Wildman–Crippen LogP) is 4.96. The number of fused-ring (bicyclic) bond motifs is 1. The Labute approximate surface area is 198 Å². The van der Waals surface area contributed by atoms with Crippen LogP contribution in [0.1, 0.15) is 85.6 Å². The molecule has 0 radical (unpaired) electrons. The number of hydrogen-bond acceptors (Lipinski definition) is 5. The monoisotopic (exact) mass is 441 g/mol. The molecule has 2 aliphatic rings. The van der Waals surface area contributed by atoms with E-state index in [0.717, 1.165) is 93.8 Å². The lowest BCUT2D eigenvalue weighted by Gasteiger charge is -2.31. The molecule has 2 N–H and O–H groups in total. The summed E-state index contributed by atoms with van der Waals surface area (Å²) in [6.07, 6.45) is 14.5. The van der Waals surface area contributed by atoms with E-state index < -0.39 is 0 Å². The number of terminal acetylenes is 1. The van der Waals surface area contributed by atoms with Crippen LogP contribution < -0.4 is 10.6 Å². The van der Waals surface area contributed by atoms with E-state index in [1.165, 1.54) is 11.1 Å². The Balaban J connectivity index is 1.71. The van der Waals surface area contributed by atoms with Gasteiger partial charge in [0.1, 0.15) is 17.7 Å². The molecule has 1 aliphatic heterocycles. The first-order valence-corrected chi connectivity index (χ1v) is 12.5. The minimum absolute atomic E-state index is 0.264. The van der Waals surface area contributed by atoms with Crippen molar-refractivity contribution in [1.29, 1.82) is 5.26 Å². The van der Waals surface area contributed by atoms with E-state index in [1.54, 1.807) is 0 Å². The van der Waals surface area contributed by atoms with Crippen LogP contribution in [0.3, 0.4) is 0 Å². The number of nitriles is 1. The van der Waals surface area contributed by atoms with Gasteiger partial charge in [0.15, 0.2) is 0 Å². The molecule has 4 rings (SSSR count). The molecule has 0 spiro atoms. The fourth-order valence-corrected chi connectivity index (χ4v) is 5.54. The van der Waals surface area contributed by atoms with Gasteiger partial charge in [-0.15, -0.1) is 12.3 Å². The summed E-state index contributed by atoms with van der Waals surface area (Å²) in [5.74, 6) is 5.62. The van der Waals surface area contributed by atoms with Gasteiger partial charge in [-0.1, -0.05) is 26.3 Å². The van der Waals surface area contributed by atoms with E-state index in [-0.39, 0.29) is 5.92 Å². The molecule has 0 amide bonds. The Morgan fingerprint density at radius 3 is 2.76 bits per heavy atom. The highest BCUT2D eigenvalue weighted by atomic mass is 15.2. The van der Waals surface area contributed by atoms with Crippen molar-refractivity contribution < 1.29 is 0 Å². The minimum atomic E-state index is 0.264. The summed E-state index contributed by atoms with van der Waals surface area (Å²) in [7, 11) is 0. The zero-order chi connectivity index (χ0) is 23.4. The normalized spacial score (nSPS) is 20.4. The van der Waals surface area contributed by atoms with Crippen LogP contribution in [-0.2, 0) is 25.7 Å². The van der Waals surface area contributed by atoms with Crippen LogP contribution in [0, 0.1) is 29.6 Å². The molecule has 2 aromatic rings. The quantitative estimate of drug-likeness (QED) is 0.524. The summed E-state index contributed by atoms with van der Waals surface area (Å²) >= 11 is 0. The highest BCUT2D eigenvalue weighted by Gasteiger charge is 2.30. The number of nitrogen functional groups attached to an aromatic ring is 1. The van der Waals surface area contributed by atoms with Crippen molar-refractivity contribution in [2.45, 2.75) is 77.6 Å². The Morgan fingerprint density at radius 1 is 1.18 bits per heavy atom. The lowest BCUT2D eigenvalue weighted by molar-refractivity contribution is 0.558. The molecule has 33 heavy (non-hydrogen) atoms. The first-order valence-electron chi connectivity index (χ1n) is 12.5. The summed E-state index contributed by atoms with van der Waals surface area (Å²) in [4.78, 5) is 12.4. The summed E-state index contributed by atoms with van der Waals surface area (Å²) in [5, 5.41) is 9.91. The van der Waals surface area contributed by atoms with Crippen molar-refractivity contribution in [3.63, 3.8) is 0 Å². The van der Waals surface area contributed by atoms with E-state index in [1.807, 2.05) is 6.07 Å². The van der Waals surface area contributed by atoms with Crippen molar-refractivity contribution in [2.75, 3.05) is 23.7 Å². The first-order chi connectivity index (χ1) is 16.1. The summed E-state index contributed by atoms with van der Waals surface area (Å²) < 4.78 is 0. The van der Waals surface area contributed by atoms with Gasteiger partial charge < -0.3 is 10.6 Å². The fourth-order valence-electron chi connectivity index (χ4n) is 5.54. The number of aryl methyl sites for hydroxylation is 2.